The summed E-state index contributed by atoms with van der Waals surface area (Å²) in [5.74, 6) is 0.600. The maximum Gasteiger partial charge on any atom is 0.172 e. The SMILES string of the molecule is N#CC1(C#N)C2CC3(OCCO3)C3C2CCCC31. The molecular formula is C14H16N2O2. The lowest BCUT2D eigenvalue weighted by atomic mass is 9.64. The van der Waals surface area contributed by atoms with Crippen molar-refractivity contribution in [1.82, 2.24) is 0 Å². The highest BCUT2D eigenvalue weighted by atomic mass is 16.7. The third-order valence-electron chi connectivity index (χ3n) is 5.79. The summed E-state index contributed by atoms with van der Waals surface area (Å²) in [4.78, 5) is 0. The predicted molar refractivity (Wildman–Crippen MR) is 60.7 cm³/mol. The molecule has 0 radical (unpaired) electrons. The molecule has 3 saturated carbocycles. The van der Waals surface area contributed by atoms with Crippen molar-refractivity contribution >= 4 is 0 Å². The standard InChI is InChI=1S/C14H16N2O2/c15-7-13(8-16)10-3-1-2-9-11(13)6-14(12(9)10)17-4-5-18-14/h9-12H,1-6H2. The van der Waals surface area contributed by atoms with Crippen LogP contribution < -0.4 is 0 Å². The van der Waals surface area contributed by atoms with Crippen LogP contribution in [0, 0.1) is 51.7 Å². The highest BCUT2D eigenvalue weighted by molar-refractivity contribution is 5.31. The topological polar surface area (TPSA) is 66.0 Å². The summed E-state index contributed by atoms with van der Waals surface area (Å²) in [6.45, 7) is 1.32. The first-order chi connectivity index (χ1) is 8.77. The van der Waals surface area contributed by atoms with Crippen molar-refractivity contribution in [1.29, 1.82) is 10.5 Å². The molecule has 0 aromatic heterocycles. The van der Waals surface area contributed by atoms with Crippen molar-refractivity contribution in [2.75, 3.05) is 13.2 Å². The van der Waals surface area contributed by atoms with Crippen molar-refractivity contribution in [2.45, 2.75) is 31.5 Å². The van der Waals surface area contributed by atoms with Gasteiger partial charge in [-0.05, 0) is 30.6 Å². The van der Waals surface area contributed by atoms with Crippen LogP contribution in [0.1, 0.15) is 25.7 Å². The van der Waals surface area contributed by atoms with Gasteiger partial charge in [-0.3, -0.25) is 0 Å². The molecule has 4 rings (SSSR count). The maximum absolute atomic E-state index is 9.56. The minimum atomic E-state index is -0.771. The second-order valence-corrected chi connectivity index (χ2v) is 6.14. The van der Waals surface area contributed by atoms with E-state index in [9.17, 15) is 10.5 Å². The second-order valence-electron chi connectivity index (χ2n) is 6.14. The Bertz CT molecular complexity index is 451. The molecule has 0 amide bonds. The molecule has 0 aromatic rings. The number of nitrogens with zero attached hydrogens (tertiary/aromatic N) is 2. The lowest BCUT2D eigenvalue weighted by Gasteiger charge is -2.43. The van der Waals surface area contributed by atoms with E-state index >= 15 is 0 Å². The van der Waals surface area contributed by atoms with Gasteiger partial charge in [0.15, 0.2) is 5.79 Å². The highest BCUT2D eigenvalue weighted by Crippen LogP contribution is 2.71. The Labute approximate surface area is 106 Å². The molecule has 18 heavy (non-hydrogen) atoms. The Morgan fingerprint density at radius 1 is 1.00 bits per heavy atom. The molecule has 1 heterocycles. The largest absolute Gasteiger partial charge is 0.347 e. The number of hydrogen-bond donors (Lipinski definition) is 0. The van der Waals surface area contributed by atoms with Gasteiger partial charge < -0.3 is 9.47 Å². The summed E-state index contributed by atoms with van der Waals surface area (Å²) in [5.41, 5.74) is -0.771. The fourth-order valence-corrected chi connectivity index (χ4v) is 5.33. The van der Waals surface area contributed by atoms with E-state index in [0.717, 1.165) is 25.7 Å². The van der Waals surface area contributed by atoms with E-state index in [2.05, 4.69) is 12.1 Å². The van der Waals surface area contributed by atoms with Crippen LogP contribution in [0.25, 0.3) is 0 Å². The minimum absolute atomic E-state index is 0.156. The van der Waals surface area contributed by atoms with E-state index < -0.39 is 11.2 Å². The summed E-state index contributed by atoms with van der Waals surface area (Å²) in [5, 5.41) is 19.1. The third kappa shape index (κ3) is 0.955. The molecule has 0 N–H and O–H groups in total. The van der Waals surface area contributed by atoms with Crippen LogP contribution in [-0.2, 0) is 9.47 Å². The van der Waals surface area contributed by atoms with E-state index in [1.54, 1.807) is 0 Å². The second kappa shape index (κ2) is 3.26. The molecule has 94 valence electrons. The van der Waals surface area contributed by atoms with Crippen LogP contribution in [-0.4, -0.2) is 19.0 Å². The van der Waals surface area contributed by atoms with Gasteiger partial charge in [-0.25, -0.2) is 0 Å². The van der Waals surface area contributed by atoms with Crippen LogP contribution in [0.15, 0.2) is 0 Å². The van der Waals surface area contributed by atoms with Gasteiger partial charge in [0.1, 0.15) is 5.41 Å². The van der Waals surface area contributed by atoms with Gasteiger partial charge >= 0.3 is 0 Å². The molecule has 1 saturated heterocycles. The van der Waals surface area contributed by atoms with Crippen LogP contribution in [0.5, 0.6) is 0 Å². The zero-order valence-electron chi connectivity index (χ0n) is 10.3. The van der Waals surface area contributed by atoms with E-state index in [-0.39, 0.29) is 17.8 Å². The zero-order chi connectivity index (χ0) is 12.4. The molecule has 3 aliphatic carbocycles. The van der Waals surface area contributed by atoms with Crippen LogP contribution >= 0.6 is 0 Å². The zero-order valence-corrected chi connectivity index (χ0v) is 10.3. The Morgan fingerprint density at radius 2 is 1.72 bits per heavy atom. The number of ether oxygens (including phenoxy) is 2. The molecule has 4 atom stereocenters. The lowest BCUT2D eigenvalue weighted by molar-refractivity contribution is -0.216. The quantitative estimate of drug-likeness (QED) is 0.652. The summed E-state index contributed by atoms with van der Waals surface area (Å²) < 4.78 is 11.8. The maximum atomic E-state index is 9.56. The third-order valence-corrected chi connectivity index (χ3v) is 5.79. The molecule has 4 bridgehead atoms. The average molecular weight is 244 g/mol. The Morgan fingerprint density at radius 3 is 2.39 bits per heavy atom. The van der Waals surface area contributed by atoms with Gasteiger partial charge in [0.05, 0.1) is 25.4 Å². The molecule has 0 aromatic carbocycles. The fraction of sp³-hybridized carbons (Fsp3) is 0.857. The first-order valence-electron chi connectivity index (χ1n) is 6.88. The van der Waals surface area contributed by atoms with Gasteiger partial charge in [-0.15, -0.1) is 0 Å². The van der Waals surface area contributed by atoms with Gasteiger partial charge in [-0.1, -0.05) is 6.42 Å². The van der Waals surface area contributed by atoms with Crippen LogP contribution in [0.3, 0.4) is 0 Å². The molecule has 1 spiro atoms. The first kappa shape index (κ1) is 10.8. The average Bonchev–Trinajstić information content (AvgIpc) is 3.04. The number of hydrogen-bond acceptors (Lipinski definition) is 4. The van der Waals surface area contributed by atoms with E-state index in [4.69, 9.17) is 9.47 Å². The van der Waals surface area contributed by atoms with Gasteiger partial charge in [-0.2, -0.15) is 10.5 Å². The fourth-order valence-electron chi connectivity index (χ4n) is 5.33. The van der Waals surface area contributed by atoms with Crippen LogP contribution in [0.2, 0.25) is 0 Å². The summed E-state index contributed by atoms with van der Waals surface area (Å²) in [6.07, 6.45) is 4.00. The first-order valence-corrected chi connectivity index (χ1v) is 6.88. The molecule has 4 unspecified atom stereocenters. The molecule has 4 nitrogen and oxygen atoms in total. The van der Waals surface area contributed by atoms with Crippen molar-refractivity contribution in [2.24, 2.45) is 29.1 Å². The van der Waals surface area contributed by atoms with Crippen LogP contribution in [0.4, 0.5) is 0 Å². The normalized spacial score (nSPS) is 45.9. The van der Waals surface area contributed by atoms with Gasteiger partial charge in [0, 0.05) is 12.3 Å². The molecule has 4 aliphatic rings. The predicted octanol–water partition coefficient (Wildman–Crippen LogP) is 1.83. The van der Waals surface area contributed by atoms with Crippen molar-refractivity contribution in [3.05, 3.63) is 0 Å². The van der Waals surface area contributed by atoms with E-state index in [1.807, 2.05) is 0 Å². The highest BCUT2D eigenvalue weighted by Gasteiger charge is 2.75. The Balaban J connectivity index is 1.82. The number of nitriles is 2. The number of rotatable bonds is 0. The summed E-state index contributed by atoms with van der Waals surface area (Å²) >= 11 is 0. The monoisotopic (exact) mass is 244 g/mol. The van der Waals surface area contributed by atoms with Crippen molar-refractivity contribution in [3.63, 3.8) is 0 Å². The van der Waals surface area contributed by atoms with Gasteiger partial charge in [0.2, 0.25) is 0 Å². The lowest BCUT2D eigenvalue weighted by Crippen LogP contribution is -2.48. The molecule has 4 fully saturated rings. The molecule has 4 heteroatoms. The van der Waals surface area contributed by atoms with Gasteiger partial charge in [0.25, 0.3) is 0 Å². The Kier molecular flexibility index (Phi) is 1.95. The molecular weight excluding hydrogens is 228 g/mol. The van der Waals surface area contributed by atoms with E-state index in [0.29, 0.717) is 19.1 Å². The molecule has 1 aliphatic heterocycles. The Hall–Kier alpha value is -1.10. The van der Waals surface area contributed by atoms with Crippen molar-refractivity contribution in [3.8, 4) is 12.1 Å². The summed E-state index contributed by atoms with van der Waals surface area (Å²) in [7, 11) is 0. The minimum Gasteiger partial charge on any atom is -0.347 e. The smallest absolute Gasteiger partial charge is 0.172 e. The van der Waals surface area contributed by atoms with E-state index in [1.165, 1.54) is 0 Å². The van der Waals surface area contributed by atoms with Crippen molar-refractivity contribution < 1.29 is 9.47 Å². The summed E-state index contributed by atoms with van der Waals surface area (Å²) in [6, 6.07) is 4.73.